The number of carbonyl (C=O) groups excluding carboxylic acids is 1. The highest BCUT2D eigenvalue weighted by Crippen LogP contribution is 2.46. The minimum Gasteiger partial charge on any atom is -0.482 e. The molecule has 0 aliphatic rings. The lowest BCUT2D eigenvalue weighted by atomic mass is 10.0. The maximum Gasteiger partial charge on any atom is 0.573 e. The fourth-order valence-corrected chi connectivity index (χ4v) is 5.36. The molecule has 1 heterocycles. The summed E-state index contributed by atoms with van der Waals surface area (Å²) in [5.41, 5.74) is -0.431. The van der Waals surface area contributed by atoms with E-state index in [0.29, 0.717) is 38.9 Å². The Morgan fingerprint density at radius 1 is 0.952 bits per heavy atom. The van der Waals surface area contributed by atoms with Gasteiger partial charge in [0, 0.05) is 10.3 Å². The molecule has 0 amide bonds. The Hall–Kier alpha value is -3.87. The van der Waals surface area contributed by atoms with Gasteiger partial charge in [-0.1, -0.05) is 24.3 Å². The van der Waals surface area contributed by atoms with Crippen LogP contribution in [0.4, 0.5) is 26.3 Å². The van der Waals surface area contributed by atoms with Crippen LogP contribution in [0.25, 0.3) is 10.9 Å². The number of benzene rings is 3. The summed E-state index contributed by atoms with van der Waals surface area (Å²) < 4.78 is 94.6. The van der Waals surface area contributed by atoms with Crippen molar-refractivity contribution in [2.24, 2.45) is 0 Å². The summed E-state index contributed by atoms with van der Waals surface area (Å²) >= 11 is 1.17. The number of aryl methyl sites for hydroxylation is 1. The molecule has 1 N–H and O–H groups in total. The highest BCUT2D eigenvalue weighted by molar-refractivity contribution is 7.99. The molecular weight excluding hydrogens is 586 g/mol. The highest BCUT2D eigenvalue weighted by Gasteiger charge is 2.40. The van der Waals surface area contributed by atoms with Crippen LogP contribution >= 0.6 is 11.8 Å². The molecule has 0 spiro atoms. The molecule has 0 saturated carbocycles. The minimum absolute atomic E-state index is 0.115. The van der Waals surface area contributed by atoms with E-state index >= 15 is 0 Å². The Morgan fingerprint density at radius 2 is 1.67 bits per heavy atom. The van der Waals surface area contributed by atoms with Gasteiger partial charge in [-0.05, 0) is 75.2 Å². The number of hydrogen-bond acceptors (Lipinski definition) is 6. The number of nitrogens with zero attached hydrogens (tertiary/aromatic N) is 1. The van der Waals surface area contributed by atoms with E-state index in [2.05, 4.69) is 14.9 Å². The fourth-order valence-electron chi connectivity index (χ4n) is 4.12. The monoisotopic (exact) mass is 612 g/mol. The smallest absolute Gasteiger partial charge is 0.482 e. The van der Waals surface area contributed by atoms with E-state index in [1.54, 1.807) is 70.2 Å². The number of ether oxygens (including phenoxy) is 3. The normalized spacial score (nSPS) is 13.2. The molecule has 0 aliphatic heterocycles. The van der Waals surface area contributed by atoms with Crippen molar-refractivity contribution < 1.29 is 45.3 Å². The standard InChI is InChI=1S/C29H26F6N2O4S/c1-16-13-18(10-12-22(16)39-15-24(38)41-27(2,3)4)42-26(25-19-7-5-6-8-21(19)36-37-25)17-9-11-20(28(30,31)32)23(14-17)40-29(33,34)35/h5-14,26H,15H2,1-4H3,(H,36,37). The lowest BCUT2D eigenvalue weighted by molar-refractivity contribution is -0.276. The van der Waals surface area contributed by atoms with Crippen LogP contribution < -0.4 is 9.47 Å². The van der Waals surface area contributed by atoms with Crippen molar-refractivity contribution in [2.75, 3.05) is 6.61 Å². The van der Waals surface area contributed by atoms with Gasteiger partial charge in [-0.25, -0.2) is 4.79 Å². The second-order valence-corrected chi connectivity index (χ2v) is 11.4. The molecule has 0 bridgehead atoms. The Labute approximate surface area is 241 Å². The fraction of sp³-hybridized carbons (Fsp3) is 0.310. The van der Waals surface area contributed by atoms with E-state index in [1.807, 2.05) is 0 Å². The number of aromatic amines is 1. The number of esters is 1. The second-order valence-electron chi connectivity index (χ2n) is 10.3. The molecule has 4 rings (SSSR count). The van der Waals surface area contributed by atoms with Crippen molar-refractivity contribution in [3.05, 3.63) is 83.0 Å². The minimum atomic E-state index is -5.34. The third-order valence-corrected chi connectivity index (χ3v) is 7.03. The summed E-state index contributed by atoms with van der Waals surface area (Å²) in [7, 11) is 0. The molecule has 224 valence electrons. The van der Waals surface area contributed by atoms with Crippen LogP contribution in [0.1, 0.15) is 48.4 Å². The molecule has 3 aromatic carbocycles. The molecular formula is C29H26F6N2O4S. The zero-order valence-corrected chi connectivity index (χ0v) is 23.6. The number of nitrogens with one attached hydrogen (secondary N) is 1. The maximum atomic E-state index is 13.6. The van der Waals surface area contributed by atoms with E-state index < -0.39 is 40.7 Å². The van der Waals surface area contributed by atoms with E-state index in [9.17, 15) is 31.1 Å². The molecule has 1 unspecified atom stereocenters. The van der Waals surface area contributed by atoms with Crippen LogP contribution in [0.15, 0.2) is 65.6 Å². The summed E-state index contributed by atoms with van der Waals surface area (Å²) in [5, 5.41) is 6.96. The number of fused-ring (bicyclic) bond motifs is 1. The summed E-state index contributed by atoms with van der Waals surface area (Å²) in [6.45, 7) is 6.62. The first-order valence-electron chi connectivity index (χ1n) is 12.5. The number of thioether (sulfide) groups is 1. The first-order valence-corrected chi connectivity index (χ1v) is 13.4. The first kappa shape index (κ1) is 31.1. The van der Waals surface area contributed by atoms with Gasteiger partial charge in [0.1, 0.15) is 17.1 Å². The van der Waals surface area contributed by atoms with Crippen LogP contribution in [0.2, 0.25) is 0 Å². The third kappa shape index (κ3) is 7.90. The zero-order chi connectivity index (χ0) is 30.9. The van der Waals surface area contributed by atoms with Crippen molar-refractivity contribution in [1.29, 1.82) is 0 Å². The molecule has 0 aliphatic carbocycles. The van der Waals surface area contributed by atoms with Crippen LogP contribution in [-0.4, -0.2) is 34.7 Å². The summed E-state index contributed by atoms with van der Waals surface area (Å²) in [6, 6.07) is 14.4. The molecule has 13 heteroatoms. The maximum absolute atomic E-state index is 13.6. The van der Waals surface area contributed by atoms with Crippen molar-refractivity contribution in [3.8, 4) is 11.5 Å². The molecule has 42 heavy (non-hydrogen) atoms. The predicted molar refractivity (Wildman–Crippen MR) is 144 cm³/mol. The van der Waals surface area contributed by atoms with Gasteiger partial charge in [0.15, 0.2) is 6.61 Å². The van der Waals surface area contributed by atoms with Crippen LogP contribution in [-0.2, 0) is 15.7 Å². The van der Waals surface area contributed by atoms with Crippen molar-refractivity contribution >= 4 is 28.6 Å². The lowest BCUT2D eigenvalue weighted by Gasteiger charge is -2.21. The molecule has 1 atom stereocenters. The topological polar surface area (TPSA) is 73.4 Å². The molecule has 0 fully saturated rings. The molecule has 0 radical (unpaired) electrons. The number of H-pyrrole nitrogens is 1. The average Bonchev–Trinajstić information content (AvgIpc) is 3.28. The van der Waals surface area contributed by atoms with Gasteiger partial charge in [0.05, 0.1) is 22.0 Å². The number of aromatic nitrogens is 2. The van der Waals surface area contributed by atoms with Crippen molar-refractivity contribution in [2.45, 2.75) is 56.0 Å². The highest BCUT2D eigenvalue weighted by atomic mass is 32.2. The van der Waals surface area contributed by atoms with Crippen LogP contribution in [0.5, 0.6) is 11.5 Å². The number of hydrogen-bond donors (Lipinski definition) is 1. The predicted octanol–water partition coefficient (Wildman–Crippen LogP) is 8.39. The largest absolute Gasteiger partial charge is 0.573 e. The van der Waals surface area contributed by atoms with Crippen LogP contribution in [0.3, 0.4) is 0 Å². The van der Waals surface area contributed by atoms with E-state index in [1.165, 1.54) is 11.8 Å². The Morgan fingerprint density at radius 3 is 2.31 bits per heavy atom. The van der Waals surface area contributed by atoms with E-state index in [0.717, 1.165) is 12.1 Å². The van der Waals surface area contributed by atoms with E-state index in [4.69, 9.17) is 9.47 Å². The van der Waals surface area contributed by atoms with Gasteiger partial charge >= 0.3 is 18.5 Å². The van der Waals surface area contributed by atoms with Gasteiger partial charge in [-0.2, -0.15) is 18.3 Å². The molecule has 6 nitrogen and oxygen atoms in total. The lowest BCUT2D eigenvalue weighted by Crippen LogP contribution is -2.27. The van der Waals surface area contributed by atoms with Gasteiger partial charge in [-0.3, -0.25) is 5.10 Å². The van der Waals surface area contributed by atoms with Gasteiger partial charge in [0.25, 0.3) is 0 Å². The SMILES string of the molecule is Cc1cc(SC(c2ccc(C(F)(F)F)c(OC(F)(F)F)c2)c2[nH]nc3ccccc23)ccc1OCC(=O)OC(C)(C)C. The number of carbonyl (C=O) groups is 1. The summed E-state index contributed by atoms with van der Waals surface area (Å²) in [6.07, 6.45) is -10.4. The van der Waals surface area contributed by atoms with Gasteiger partial charge < -0.3 is 14.2 Å². The van der Waals surface area contributed by atoms with Gasteiger partial charge in [-0.15, -0.1) is 24.9 Å². The summed E-state index contributed by atoms with van der Waals surface area (Å²) in [5.74, 6) is -1.50. The second kappa shape index (κ2) is 11.8. The van der Waals surface area contributed by atoms with Crippen molar-refractivity contribution in [1.82, 2.24) is 10.2 Å². The number of para-hydroxylation sites is 1. The molecule has 4 aromatic rings. The Bertz CT molecular complexity index is 1580. The Balaban J connectivity index is 1.71. The van der Waals surface area contributed by atoms with Crippen LogP contribution in [0, 0.1) is 6.92 Å². The quantitative estimate of drug-likeness (QED) is 0.122. The summed E-state index contributed by atoms with van der Waals surface area (Å²) in [4.78, 5) is 12.7. The van der Waals surface area contributed by atoms with E-state index in [-0.39, 0.29) is 12.2 Å². The van der Waals surface area contributed by atoms with Crippen molar-refractivity contribution in [3.63, 3.8) is 0 Å². The number of halogens is 6. The third-order valence-electron chi connectivity index (χ3n) is 5.76. The Kier molecular flexibility index (Phi) is 8.72. The average molecular weight is 613 g/mol. The molecule has 1 aromatic heterocycles. The number of alkyl halides is 6. The molecule has 0 saturated heterocycles. The number of rotatable bonds is 8. The first-order chi connectivity index (χ1) is 19.5. The van der Waals surface area contributed by atoms with Gasteiger partial charge in [0.2, 0.25) is 0 Å². The zero-order valence-electron chi connectivity index (χ0n) is 22.8.